The highest BCUT2D eigenvalue weighted by atomic mass is 16.5. The summed E-state index contributed by atoms with van der Waals surface area (Å²) in [6.07, 6.45) is 2.81. The van der Waals surface area contributed by atoms with E-state index in [4.69, 9.17) is 9.84 Å². The van der Waals surface area contributed by atoms with Crippen LogP contribution in [0.4, 0.5) is 0 Å². The fourth-order valence-corrected chi connectivity index (χ4v) is 2.66. The molecule has 0 bridgehead atoms. The lowest BCUT2D eigenvalue weighted by atomic mass is 9.96. The first-order chi connectivity index (χ1) is 9.20. The minimum atomic E-state index is -0.663. The van der Waals surface area contributed by atoms with Crippen LogP contribution in [-0.2, 0) is 11.3 Å². The van der Waals surface area contributed by atoms with Crippen molar-refractivity contribution in [3.63, 3.8) is 0 Å². The summed E-state index contributed by atoms with van der Waals surface area (Å²) in [6.45, 7) is 1.37. The van der Waals surface area contributed by atoms with E-state index in [9.17, 15) is 4.79 Å². The second kappa shape index (κ2) is 6.52. The summed E-state index contributed by atoms with van der Waals surface area (Å²) in [5.74, 6) is -0.0127. The summed E-state index contributed by atoms with van der Waals surface area (Å²) in [5.41, 5.74) is 0.907. The van der Waals surface area contributed by atoms with E-state index in [1.165, 1.54) is 0 Å². The van der Waals surface area contributed by atoms with Crippen molar-refractivity contribution >= 4 is 5.97 Å². The molecule has 19 heavy (non-hydrogen) atoms. The van der Waals surface area contributed by atoms with Crippen LogP contribution in [0.2, 0.25) is 0 Å². The molecule has 1 saturated carbocycles. The monoisotopic (exact) mass is 264 g/mol. The van der Waals surface area contributed by atoms with E-state index in [1.807, 2.05) is 12.1 Å². The zero-order chi connectivity index (χ0) is 13.7. The average Bonchev–Trinajstić information content (AvgIpc) is 2.87. The van der Waals surface area contributed by atoms with Crippen molar-refractivity contribution in [1.29, 1.82) is 0 Å². The fourth-order valence-electron chi connectivity index (χ4n) is 2.66. The number of aliphatic carboxylic acids is 1. The third-order valence-electron chi connectivity index (χ3n) is 3.68. The zero-order valence-electron chi connectivity index (χ0n) is 11.1. The summed E-state index contributed by atoms with van der Waals surface area (Å²) in [5, 5.41) is 12.4. The van der Waals surface area contributed by atoms with Gasteiger partial charge in [-0.1, -0.05) is 12.5 Å². The number of hydrogen-bond acceptors (Lipinski definition) is 4. The van der Waals surface area contributed by atoms with E-state index in [0.29, 0.717) is 12.4 Å². The maximum atomic E-state index is 11.1. The Morgan fingerprint density at radius 1 is 1.53 bits per heavy atom. The molecule has 2 unspecified atom stereocenters. The molecule has 1 aliphatic carbocycles. The molecule has 0 saturated heterocycles. The Hall–Kier alpha value is -1.62. The highest BCUT2D eigenvalue weighted by molar-refractivity contribution is 5.70. The number of methoxy groups -OCH3 is 1. The van der Waals surface area contributed by atoms with Crippen LogP contribution in [0, 0.1) is 11.8 Å². The molecule has 2 atom stereocenters. The van der Waals surface area contributed by atoms with Crippen molar-refractivity contribution in [1.82, 2.24) is 10.3 Å². The van der Waals surface area contributed by atoms with Crippen LogP contribution in [0.25, 0.3) is 0 Å². The minimum Gasteiger partial charge on any atom is -0.481 e. The zero-order valence-corrected chi connectivity index (χ0v) is 11.1. The number of carbonyl (C=O) groups is 1. The molecule has 1 heterocycles. The smallest absolute Gasteiger partial charge is 0.306 e. The van der Waals surface area contributed by atoms with Gasteiger partial charge in [0, 0.05) is 12.6 Å². The van der Waals surface area contributed by atoms with Crippen molar-refractivity contribution < 1.29 is 14.6 Å². The number of carboxylic acid groups (broad SMARTS) is 1. The Balaban J connectivity index is 1.81. The van der Waals surface area contributed by atoms with Crippen molar-refractivity contribution in [2.75, 3.05) is 13.7 Å². The predicted octanol–water partition coefficient (Wildman–Crippen LogP) is 1.68. The topological polar surface area (TPSA) is 71.5 Å². The molecule has 0 spiro atoms. The van der Waals surface area contributed by atoms with Gasteiger partial charge in [0.25, 0.3) is 0 Å². The van der Waals surface area contributed by atoms with Gasteiger partial charge in [0.05, 0.1) is 18.7 Å². The molecule has 1 fully saturated rings. The summed E-state index contributed by atoms with van der Waals surface area (Å²) >= 11 is 0. The van der Waals surface area contributed by atoms with Gasteiger partial charge in [-0.15, -0.1) is 0 Å². The number of ether oxygens (including phenoxy) is 1. The Labute approximate surface area is 113 Å². The second-order valence-corrected chi connectivity index (χ2v) is 4.94. The predicted molar refractivity (Wildman–Crippen MR) is 71.0 cm³/mol. The van der Waals surface area contributed by atoms with Gasteiger partial charge in [0.2, 0.25) is 5.88 Å². The lowest BCUT2D eigenvalue weighted by Crippen LogP contribution is -2.28. The Morgan fingerprint density at radius 2 is 2.37 bits per heavy atom. The molecule has 5 nitrogen and oxygen atoms in total. The number of aromatic nitrogens is 1. The van der Waals surface area contributed by atoms with E-state index < -0.39 is 5.97 Å². The number of hydrogen-bond donors (Lipinski definition) is 2. The SMILES string of the molecule is COc1cccc(CNCC2CCCC2C(=O)O)n1. The maximum absolute atomic E-state index is 11.1. The third-order valence-corrected chi connectivity index (χ3v) is 3.68. The third kappa shape index (κ3) is 3.67. The molecule has 1 aromatic rings. The summed E-state index contributed by atoms with van der Waals surface area (Å²) in [7, 11) is 1.59. The lowest BCUT2D eigenvalue weighted by Gasteiger charge is -2.16. The molecule has 0 amide bonds. The van der Waals surface area contributed by atoms with E-state index in [0.717, 1.165) is 31.5 Å². The fraction of sp³-hybridized carbons (Fsp3) is 0.571. The van der Waals surface area contributed by atoms with Gasteiger partial charge in [-0.2, -0.15) is 0 Å². The van der Waals surface area contributed by atoms with Crippen LogP contribution >= 0.6 is 0 Å². The van der Waals surface area contributed by atoms with Crippen LogP contribution < -0.4 is 10.1 Å². The summed E-state index contributed by atoms with van der Waals surface area (Å²) in [6, 6.07) is 5.64. The molecular weight excluding hydrogens is 244 g/mol. The molecule has 0 aliphatic heterocycles. The van der Waals surface area contributed by atoms with Gasteiger partial charge in [-0.3, -0.25) is 4.79 Å². The molecule has 5 heteroatoms. The highest BCUT2D eigenvalue weighted by Crippen LogP contribution is 2.31. The van der Waals surface area contributed by atoms with E-state index in [1.54, 1.807) is 13.2 Å². The maximum Gasteiger partial charge on any atom is 0.306 e. The van der Waals surface area contributed by atoms with Gasteiger partial charge in [-0.25, -0.2) is 4.98 Å². The van der Waals surface area contributed by atoms with Gasteiger partial charge in [0.1, 0.15) is 0 Å². The van der Waals surface area contributed by atoms with Gasteiger partial charge in [-0.05, 0) is 31.4 Å². The normalized spacial score (nSPS) is 22.4. The largest absolute Gasteiger partial charge is 0.481 e. The first-order valence-electron chi connectivity index (χ1n) is 6.64. The van der Waals surface area contributed by atoms with Gasteiger partial charge >= 0.3 is 5.97 Å². The first kappa shape index (κ1) is 13.8. The quantitative estimate of drug-likeness (QED) is 0.818. The number of nitrogens with zero attached hydrogens (tertiary/aromatic N) is 1. The lowest BCUT2D eigenvalue weighted by molar-refractivity contribution is -0.142. The highest BCUT2D eigenvalue weighted by Gasteiger charge is 2.32. The Morgan fingerprint density at radius 3 is 3.11 bits per heavy atom. The number of rotatable bonds is 6. The summed E-state index contributed by atoms with van der Waals surface area (Å²) in [4.78, 5) is 15.4. The van der Waals surface area contributed by atoms with Crippen LogP contribution in [0.15, 0.2) is 18.2 Å². The summed E-state index contributed by atoms with van der Waals surface area (Å²) < 4.78 is 5.07. The number of nitrogens with one attached hydrogen (secondary N) is 1. The number of carboxylic acids is 1. The average molecular weight is 264 g/mol. The molecule has 104 valence electrons. The minimum absolute atomic E-state index is 0.189. The molecule has 1 aromatic heterocycles. The molecule has 2 N–H and O–H groups in total. The van der Waals surface area contributed by atoms with Gasteiger partial charge < -0.3 is 15.2 Å². The number of pyridine rings is 1. The molecule has 0 aromatic carbocycles. The first-order valence-corrected chi connectivity index (χ1v) is 6.64. The molecule has 0 radical (unpaired) electrons. The Bertz CT molecular complexity index is 436. The van der Waals surface area contributed by atoms with E-state index in [-0.39, 0.29) is 11.8 Å². The van der Waals surface area contributed by atoms with Crippen LogP contribution in [-0.4, -0.2) is 29.7 Å². The molecule has 1 aliphatic rings. The van der Waals surface area contributed by atoms with E-state index >= 15 is 0 Å². The Kier molecular flexibility index (Phi) is 4.74. The van der Waals surface area contributed by atoms with Crippen molar-refractivity contribution in [3.05, 3.63) is 23.9 Å². The van der Waals surface area contributed by atoms with Crippen LogP contribution in [0.5, 0.6) is 5.88 Å². The van der Waals surface area contributed by atoms with Crippen molar-refractivity contribution in [3.8, 4) is 5.88 Å². The van der Waals surface area contributed by atoms with E-state index in [2.05, 4.69) is 10.3 Å². The second-order valence-electron chi connectivity index (χ2n) is 4.94. The van der Waals surface area contributed by atoms with Crippen molar-refractivity contribution in [2.45, 2.75) is 25.8 Å². The molecular formula is C14H20N2O3. The standard InChI is InChI=1S/C14H20N2O3/c1-19-13-7-3-5-11(16-13)9-15-8-10-4-2-6-12(10)14(17)18/h3,5,7,10,12,15H,2,4,6,8-9H2,1H3,(H,17,18). The van der Waals surface area contributed by atoms with Gasteiger partial charge in [0.15, 0.2) is 0 Å². The van der Waals surface area contributed by atoms with Crippen LogP contribution in [0.1, 0.15) is 25.0 Å². The van der Waals surface area contributed by atoms with Crippen molar-refractivity contribution in [2.24, 2.45) is 11.8 Å². The molecule has 2 rings (SSSR count). The van der Waals surface area contributed by atoms with Crippen LogP contribution in [0.3, 0.4) is 0 Å².